The van der Waals surface area contributed by atoms with E-state index in [1.54, 1.807) is 0 Å². The molecular weight excluding hydrogens is 699 g/mol. The first-order valence-corrected chi connectivity index (χ1v) is 19.1. The molecule has 0 spiro atoms. The predicted octanol–water partition coefficient (Wildman–Crippen LogP) is 13.0. The quantitative estimate of drug-likeness (QED) is 0.177. The molecule has 12 aromatic rings. The Balaban J connectivity index is 1.02. The highest BCUT2D eigenvalue weighted by Gasteiger charge is 2.21. The van der Waals surface area contributed by atoms with Crippen LogP contribution in [0.15, 0.2) is 192 Å². The molecule has 8 aromatic carbocycles. The molecule has 0 saturated carbocycles. The van der Waals surface area contributed by atoms with E-state index in [9.17, 15) is 0 Å². The van der Waals surface area contributed by atoms with Gasteiger partial charge in [0.05, 0.1) is 22.1 Å². The van der Waals surface area contributed by atoms with Gasteiger partial charge >= 0.3 is 0 Å². The summed E-state index contributed by atoms with van der Waals surface area (Å²) in [6.07, 6.45) is 0. The fourth-order valence-electron chi connectivity index (χ4n) is 8.63. The summed E-state index contributed by atoms with van der Waals surface area (Å²) >= 11 is 0. The lowest BCUT2D eigenvalue weighted by Gasteiger charge is -2.11. The second-order valence-corrected chi connectivity index (χ2v) is 14.4. The summed E-state index contributed by atoms with van der Waals surface area (Å²) in [5.74, 6) is 1.84. The van der Waals surface area contributed by atoms with Gasteiger partial charge in [-0.05, 0) is 84.9 Å². The van der Waals surface area contributed by atoms with Crippen molar-refractivity contribution in [3.8, 4) is 45.5 Å². The zero-order valence-electron chi connectivity index (χ0n) is 30.5. The third kappa shape index (κ3) is 4.87. The molecule has 4 heterocycles. The zero-order chi connectivity index (χ0) is 37.5. The number of nitrogens with zero attached hydrogens (tertiary/aromatic N) is 5. The number of para-hydroxylation sites is 4. The van der Waals surface area contributed by atoms with E-state index in [0.29, 0.717) is 17.5 Å². The van der Waals surface area contributed by atoms with Crippen molar-refractivity contribution in [2.24, 2.45) is 0 Å². The SMILES string of the molecule is c1ccc(-c2nc(-c3ccc(-n4c5ccccc5c5c6c7ccccc7n(-c7ccccc7)c6ccc54)cc3)nc(-c3ccc4oc5ccccc5c4c3)n2)cc1. The van der Waals surface area contributed by atoms with Crippen molar-refractivity contribution in [2.75, 3.05) is 0 Å². The maximum absolute atomic E-state index is 6.13. The van der Waals surface area contributed by atoms with Crippen molar-refractivity contribution in [2.45, 2.75) is 0 Å². The highest BCUT2D eigenvalue weighted by atomic mass is 16.3. The molecule has 57 heavy (non-hydrogen) atoms. The molecule has 6 heteroatoms. The smallest absolute Gasteiger partial charge is 0.164 e. The van der Waals surface area contributed by atoms with Crippen LogP contribution in [-0.2, 0) is 0 Å². The van der Waals surface area contributed by atoms with Crippen LogP contribution in [0.3, 0.4) is 0 Å². The average molecular weight is 730 g/mol. The monoisotopic (exact) mass is 729 g/mol. The predicted molar refractivity (Wildman–Crippen MR) is 232 cm³/mol. The van der Waals surface area contributed by atoms with Gasteiger partial charge in [-0.3, -0.25) is 0 Å². The molecule has 12 rings (SSSR count). The Morgan fingerprint density at radius 2 is 0.772 bits per heavy atom. The maximum atomic E-state index is 6.13. The molecule has 0 unspecified atom stereocenters. The summed E-state index contributed by atoms with van der Waals surface area (Å²) in [5, 5.41) is 7.05. The van der Waals surface area contributed by atoms with Crippen LogP contribution < -0.4 is 0 Å². The molecule has 0 aliphatic rings. The van der Waals surface area contributed by atoms with Gasteiger partial charge in [-0.1, -0.05) is 103 Å². The Kier molecular flexibility index (Phi) is 6.83. The van der Waals surface area contributed by atoms with E-state index in [2.05, 4.69) is 137 Å². The molecule has 266 valence electrons. The van der Waals surface area contributed by atoms with E-state index < -0.39 is 0 Å². The van der Waals surface area contributed by atoms with E-state index in [1.807, 2.05) is 60.7 Å². The van der Waals surface area contributed by atoms with Gasteiger partial charge in [0, 0.05) is 60.4 Å². The number of furan rings is 1. The molecule has 6 nitrogen and oxygen atoms in total. The lowest BCUT2D eigenvalue weighted by atomic mass is 10.1. The van der Waals surface area contributed by atoms with Crippen molar-refractivity contribution in [3.05, 3.63) is 188 Å². The maximum Gasteiger partial charge on any atom is 0.164 e. The Morgan fingerprint density at radius 1 is 0.316 bits per heavy atom. The molecule has 0 fully saturated rings. The molecule has 0 aliphatic heterocycles. The van der Waals surface area contributed by atoms with E-state index in [-0.39, 0.29) is 0 Å². The third-order valence-electron chi connectivity index (χ3n) is 11.2. The molecular formula is C51H31N5O. The van der Waals surface area contributed by atoms with Crippen molar-refractivity contribution < 1.29 is 4.42 Å². The zero-order valence-corrected chi connectivity index (χ0v) is 30.5. The summed E-state index contributed by atoms with van der Waals surface area (Å²) in [7, 11) is 0. The molecule has 0 N–H and O–H groups in total. The van der Waals surface area contributed by atoms with E-state index in [1.165, 1.54) is 32.6 Å². The lowest BCUT2D eigenvalue weighted by Crippen LogP contribution is -2.00. The van der Waals surface area contributed by atoms with Crippen LogP contribution in [0.2, 0.25) is 0 Å². The van der Waals surface area contributed by atoms with Gasteiger partial charge in [0.15, 0.2) is 17.5 Å². The molecule has 4 aromatic heterocycles. The van der Waals surface area contributed by atoms with Crippen LogP contribution in [-0.4, -0.2) is 24.1 Å². The number of aromatic nitrogens is 5. The summed E-state index contributed by atoms with van der Waals surface area (Å²) in [6.45, 7) is 0. The van der Waals surface area contributed by atoms with Crippen LogP contribution in [0.5, 0.6) is 0 Å². The van der Waals surface area contributed by atoms with Crippen LogP contribution in [0.25, 0.3) is 111 Å². The van der Waals surface area contributed by atoms with Crippen LogP contribution in [0.4, 0.5) is 0 Å². The molecule has 0 amide bonds. The largest absolute Gasteiger partial charge is 0.456 e. The van der Waals surface area contributed by atoms with Crippen LogP contribution >= 0.6 is 0 Å². The molecule has 0 bridgehead atoms. The molecule has 0 atom stereocenters. The minimum Gasteiger partial charge on any atom is -0.456 e. The number of hydrogen-bond donors (Lipinski definition) is 0. The first-order chi connectivity index (χ1) is 28.3. The number of hydrogen-bond acceptors (Lipinski definition) is 4. The van der Waals surface area contributed by atoms with Gasteiger partial charge in [-0.15, -0.1) is 0 Å². The first-order valence-electron chi connectivity index (χ1n) is 19.1. The Bertz CT molecular complexity index is 3510. The normalized spacial score (nSPS) is 11.9. The summed E-state index contributed by atoms with van der Waals surface area (Å²) in [6, 6.07) is 65.6. The van der Waals surface area contributed by atoms with Crippen molar-refractivity contribution in [1.82, 2.24) is 24.1 Å². The van der Waals surface area contributed by atoms with Gasteiger partial charge in [0.2, 0.25) is 0 Å². The fraction of sp³-hybridized carbons (Fsp3) is 0. The minimum absolute atomic E-state index is 0.608. The highest BCUT2D eigenvalue weighted by molar-refractivity contribution is 6.28. The number of fused-ring (bicyclic) bond motifs is 10. The second-order valence-electron chi connectivity index (χ2n) is 14.4. The Labute approximate surface area is 326 Å². The Hall–Kier alpha value is -7.83. The van der Waals surface area contributed by atoms with E-state index >= 15 is 0 Å². The van der Waals surface area contributed by atoms with E-state index in [4.69, 9.17) is 19.4 Å². The van der Waals surface area contributed by atoms with Crippen molar-refractivity contribution in [1.29, 1.82) is 0 Å². The average Bonchev–Trinajstić information content (AvgIpc) is 3.94. The summed E-state index contributed by atoms with van der Waals surface area (Å²) < 4.78 is 10.9. The number of rotatable bonds is 5. The third-order valence-corrected chi connectivity index (χ3v) is 11.2. The highest BCUT2D eigenvalue weighted by Crippen LogP contribution is 2.42. The first kappa shape index (κ1) is 31.5. The van der Waals surface area contributed by atoms with Gasteiger partial charge in [0.1, 0.15) is 11.2 Å². The standard InChI is InChI=1S/C51H31N5O/c1-3-13-32(14-4-1)49-52-50(54-51(53-49)34-25-30-46-40(31-34)37-17-9-12-22-45(37)57-46)33-23-26-36(27-24-33)56-42-21-11-8-19-39(42)48-44(56)29-28-43-47(48)38-18-7-10-20-41(38)55(43)35-15-5-2-6-16-35/h1-31H. The lowest BCUT2D eigenvalue weighted by molar-refractivity contribution is 0.669. The topological polar surface area (TPSA) is 61.7 Å². The minimum atomic E-state index is 0.608. The van der Waals surface area contributed by atoms with Gasteiger partial charge in [-0.25, -0.2) is 15.0 Å². The fourth-order valence-corrected chi connectivity index (χ4v) is 8.63. The van der Waals surface area contributed by atoms with Gasteiger partial charge in [0.25, 0.3) is 0 Å². The number of benzene rings is 8. The Morgan fingerprint density at radius 3 is 1.40 bits per heavy atom. The van der Waals surface area contributed by atoms with Gasteiger partial charge < -0.3 is 13.6 Å². The van der Waals surface area contributed by atoms with Gasteiger partial charge in [-0.2, -0.15) is 0 Å². The molecule has 0 aliphatic carbocycles. The molecule has 0 radical (unpaired) electrons. The summed E-state index contributed by atoms with van der Waals surface area (Å²) in [5.41, 5.74) is 11.3. The van der Waals surface area contributed by atoms with Crippen molar-refractivity contribution in [3.63, 3.8) is 0 Å². The molecule has 0 saturated heterocycles. The van der Waals surface area contributed by atoms with Crippen molar-refractivity contribution >= 4 is 65.6 Å². The second kappa shape index (κ2) is 12.3. The summed E-state index contributed by atoms with van der Waals surface area (Å²) in [4.78, 5) is 15.1. The van der Waals surface area contributed by atoms with Crippen LogP contribution in [0, 0.1) is 0 Å². The van der Waals surface area contributed by atoms with Crippen LogP contribution in [0.1, 0.15) is 0 Å². The van der Waals surface area contributed by atoms with E-state index in [0.717, 1.165) is 61.0 Å².